The minimum atomic E-state index is 0.871. The fraction of sp³-hybridized carbons (Fsp3) is 1.00. The Labute approximate surface area is 106 Å². The summed E-state index contributed by atoms with van der Waals surface area (Å²) in [6.07, 6.45) is 8.68. The molecule has 2 heterocycles. The molecule has 2 saturated heterocycles. The number of hydrogen-bond donors (Lipinski definition) is 1. The highest BCUT2D eigenvalue weighted by atomic mass is 15.3. The number of piperazine rings is 1. The second kappa shape index (κ2) is 5.68. The average molecular weight is 237 g/mol. The van der Waals surface area contributed by atoms with Crippen molar-refractivity contribution in [3.63, 3.8) is 0 Å². The lowest BCUT2D eigenvalue weighted by Gasteiger charge is -2.41. The molecule has 0 bridgehead atoms. The van der Waals surface area contributed by atoms with Gasteiger partial charge in [-0.25, -0.2) is 0 Å². The van der Waals surface area contributed by atoms with Crippen LogP contribution in [0.5, 0.6) is 0 Å². The largest absolute Gasteiger partial charge is 0.314 e. The van der Waals surface area contributed by atoms with Crippen LogP contribution in [0, 0.1) is 0 Å². The van der Waals surface area contributed by atoms with Crippen molar-refractivity contribution in [1.29, 1.82) is 0 Å². The minimum absolute atomic E-state index is 0.871. The third kappa shape index (κ3) is 2.67. The monoisotopic (exact) mass is 237 g/mol. The first-order chi connectivity index (χ1) is 8.45. The van der Waals surface area contributed by atoms with Gasteiger partial charge in [0.05, 0.1) is 0 Å². The van der Waals surface area contributed by atoms with E-state index in [4.69, 9.17) is 0 Å². The second-order valence-corrected chi connectivity index (χ2v) is 5.95. The molecular formula is C14H27N3. The fourth-order valence-corrected chi connectivity index (χ4v) is 4.04. The summed E-state index contributed by atoms with van der Waals surface area (Å²) in [5, 5.41) is 3.48. The van der Waals surface area contributed by atoms with Crippen LogP contribution in [0.1, 0.15) is 38.5 Å². The van der Waals surface area contributed by atoms with Crippen molar-refractivity contribution in [3.05, 3.63) is 0 Å². The summed E-state index contributed by atoms with van der Waals surface area (Å²) in [6.45, 7) is 7.68. The van der Waals surface area contributed by atoms with E-state index in [2.05, 4.69) is 15.1 Å². The standard InChI is InChI=1S/C14H27N3/c1-2-9-16(10-3-1)13-5-4-6-14(13)17-11-7-15-8-12-17/h13-15H,1-12H2/t13-,14-/m1/s1. The van der Waals surface area contributed by atoms with E-state index in [1.807, 2.05) is 0 Å². The molecular weight excluding hydrogens is 210 g/mol. The summed E-state index contributed by atoms with van der Waals surface area (Å²) in [5.74, 6) is 0. The molecule has 1 N–H and O–H groups in total. The van der Waals surface area contributed by atoms with Gasteiger partial charge in [0.25, 0.3) is 0 Å². The maximum absolute atomic E-state index is 3.48. The van der Waals surface area contributed by atoms with Crippen LogP contribution >= 0.6 is 0 Å². The van der Waals surface area contributed by atoms with E-state index in [0.717, 1.165) is 12.1 Å². The van der Waals surface area contributed by atoms with E-state index in [9.17, 15) is 0 Å². The molecule has 0 radical (unpaired) electrons. The van der Waals surface area contributed by atoms with Crippen LogP contribution < -0.4 is 5.32 Å². The van der Waals surface area contributed by atoms with Gasteiger partial charge in [0, 0.05) is 38.3 Å². The van der Waals surface area contributed by atoms with E-state index in [1.165, 1.54) is 77.8 Å². The third-order valence-electron chi connectivity index (χ3n) is 4.92. The molecule has 1 aliphatic carbocycles. The molecule has 0 unspecified atom stereocenters. The number of rotatable bonds is 2. The van der Waals surface area contributed by atoms with Crippen LogP contribution in [0.3, 0.4) is 0 Å². The first-order valence-electron chi connectivity index (χ1n) is 7.64. The summed E-state index contributed by atoms with van der Waals surface area (Å²) in [5.41, 5.74) is 0. The molecule has 0 aromatic rings. The smallest absolute Gasteiger partial charge is 0.0252 e. The predicted octanol–water partition coefficient (Wildman–Crippen LogP) is 1.30. The van der Waals surface area contributed by atoms with Crippen LogP contribution in [0.2, 0.25) is 0 Å². The van der Waals surface area contributed by atoms with Crippen molar-refractivity contribution in [2.75, 3.05) is 39.3 Å². The van der Waals surface area contributed by atoms with Gasteiger partial charge in [0.1, 0.15) is 0 Å². The molecule has 0 aromatic carbocycles. The Bertz CT molecular complexity index is 208. The van der Waals surface area contributed by atoms with Crippen LogP contribution in [-0.4, -0.2) is 61.2 Å². The maximum atomic E-state index is 3.48. The van der Waals surface area contributed by atoms with E-state index in [1.54, 1.807) is 0 Å². The lowest BCUT2D eigenvalue weighted by atomic mass is 10.0. The van der Waals surface area contributed by atoms with Crippen molar-refractivity contribution in [2.45, 2.75) is 50.6 Å². The fourth-order valence-electron chi connectivity index (χ4n) is 4.04. The van der Waals surface area contributed by atoms with Crippen LogP contribution in [0.15, 0.2) is 0 Å². The Morgan fingerprint density at radius 1 is 0.647 bits per heavy atom. The van der Waals surface area contributed by atoms with Gasteiger partial charge in [-0.05, 0) is 38.8 Å². The minimum Gasteiger partial charge on any atom is -0.314 e. The van der Waals surface area contributed by atoms with Crippen molar-refractivity contribution >= 4 is 0 Å². The zero-order valence-electron chi connectivity index (χ0n) is 11.0. The zero-order chi connectivity index (χ0) is 11.5. The first kappa shape index (κ1) is 11.9. The summed E-state index contributed by atoms with van der Waals surface area (Å²) < 4.78 is 0. The maximum Gasteiger partial charge on any atom is 0.0252 e. The second-order valence-electron chi connectivity index (χ2n) is 5.95. The van der Waals surface area contributed by atoms with Crippen molar-refractivity contribution in [3.8, 4) is 0 Å². The number of nitrogens with one attached hydrogen (secondary N) is 1. The Morgan fingerprint density at radius 2 is 1.24 bits per heavy atom. The van der Waals surface area contributed by atoms with Crippen molar-refractivity contribution in [2.24, 2.45) is 0 Å². The molecule has 3 aliphatic rings. The van der Waals surface area contributed by atoms with Gasteiger partial charge in [-0.15, -0.1) is 0 Å². The molecule has 17 heavy (non-hydrogen) atoms. The highest BCUT2D eigenvalue weighted by Crippen LogP contribution is 2.30. The lowest BCUT2D eigenvalue weighted by Crippen LogP contribution is -2.55. The predicted molar refractivity (Wildman–Crippen MR) is 71.3 cm³/mol. The highest BCUT2D eigenvalue weighted by molar-refractivity contribution is 4.93. The van der Waals surface area contributed by atoms with Crippen LogP contribution in [0.25, 0.3) is 0 Å². The van der Waals surface area contributed by atoms with Crippen molar-refractivity contribution < 1.29 is 0 Å². The van der Waals surface area contributed by atoms with Gasteiger partial charge >= 0.3 is 0 Å². The van der Waals surface area contributed by atoms with Crippen LogP contribution in [0.4, 0.5) is 0 Å². The summed E-state index contributed by atoms with van der Waals surface area (Å²) in [6, 6.07) is 1.75. The molecule has 3 fully saturated rings. The normalized spacial score (nSPS) is 37.4. The quantitative estimate of drug-likeness (QED) is 0.781. The van der Waals surface area contributed by atoms with Gasteiger partial charge < -0.3 is 5.32 Å². The van der Waals surface area contributed by atoms with E-state index < -0.39 is 0 Å². The van der Waals surface area contributed by atoms with E-state index in [-0.39, 0.29) is 0 Å². The zero-order valence-corrected chi connectivity index (χ0v) is 11.0. The molecule has 0 aromatic heterocycles. The topological polar surface area (TPSA) is 18.5 Å². The van der Waals surface area contributed by atoms with E-state index >= 15 is 0 Å². The van der Waals surface area contributed by atoms with Gasteiger partial charge in [0.15, 0.2) is 0 Å². The van der Waals surface area contributed by atoms with Gasteiger partial charge in [-0.1, -0.05) is 12.8 Å². The number of piperidine rings is 1. The van der Waals surface area contributed by atoms with Gasteiger partial charge in [-0.3, -0.25) is 9.80 Å². The summed E-state index contributed by atoms with van der Waals surface area (Å²) in [4.78, 5) is 5.58. The first-order valence-corrected chi connectivity index (χ1v) is 7.64. The summed E-state index contributed by atoms with van der Waals surface area (Å²) in [7, 11) is 0. The number of nitrogens with zero attached hydrogens (tertiary/aromatic N) is 2. The summed E-state index contributed by atoms with van der Waals surface area (Å²) >= 11 is 0. The van der Waals surface area contributed by atoms with Crippen molar-refractivity contribution in [1.82, 2.24) is 15.1 Å². The lowest BCUT2D eigenvalue weighted by molar-refractivity contribution is 0.0749. The van der Waals surface area contributed by atoms with Gasteiger partial charge in [0.2, 0.25) is 0 Å². The molecule has 2 aliphatic heterocycles. The molecule has 3 rings (SSSR count). The Balaban J connectivity index is 1.61. The Kier molecular flexibility index (Phi) is 3.99. The molecule has 98 valence electrons. The molecule has 3 heteroatoms. The molecule has 0 amide bonds. The Hall–Kier alpha value is -0.120. The third-order valence-corrected chi connectivity index (χ3v) is 4.92. The number of likely N-dealkylation sites (tertiary alicyclic amines) is 1. The SMILES string of the molecule is C1CCN([C@@H]2CCC[C@H]2N2CCNCC2)CC1. The molecule has 3 nitrogen and oxygen atoms in total. The molecule has 1 saturated carbocycles. The molecule has 2 atom stereocenters. The average Bonchev–Trinajstić information content (AvgIpc) is 2.90. The van der Waals surface area contributed by atoms with Crippen LogP contribution in [-0.2, 0) is 0 Å². The Morgan fingerprint density at radius 3 is 1.88 bits per heavy atom. The van der Waals surface area contributed by atoms with E-state index in [0.29, 0.717) is 0 Å². The highest BCUT2D eigenvalue weighted by Gasteiger charge is 2.36. The van der Waals surface area contributed by atoms with Gasteiger partial charge in [-0.2, -0.15) is 0 Å². The number of hydrogen-bond acceptors (Lipinski definition) is 3. The molecule has 0 spiro atoms.